The van der Waals surface area contributed by atoms with Crippen molar-refractivity contribution in [2.45, 2.75) is 24.8 Å². The molecule has 4 heterocycles. The van der Waals surface area contributed by atoms with Gasteiger partial charge < -0.3 is 0 Å². The van der Waals surface area contributed by atoms with Crippen LogP contribution in [0.1, 0.15) is 18.2 Å². The smallest absolute Gasteiger partial charge is 0.261 e. The van der Waals surface area contributed by atoms with Crippen LogP contribution in [-0.4, -0.2) is 30.9 Å². The lowest BCUT2D eigenvalue weighted by molar-refractivity contribution is 0.0850. The standard InChI is InChI=1S/C20H14F3N5/c21-11-3-1-10(2-4-11)17-16(12-7-8-24-19-13(12)9-25-26-19)15-6-5-14-18(20(14,22)23)28(15)27-17/h1-4,7-9,14,18H,5-6H2,(H,24,25,26)/t14-,18+/m1/s1. The molecule has 2 atom stereocenters. The molecule has 1 aliphatic carbocycles. The van der Waals surface area contributed by atoms with E-state index in [-0.39, 0.29) is 5.82 Å². The minimum Gasteiger partial charge on any atom is -0.261 e. The van der Waals surface area contributed by atoms with Crippen molar-refractivity contribution in [3.05, 3.63) is 54.2 Å². The van der Waals surface area contributed by atoms with Crippen LogP contribution < -0.4 is 0 Å². The van der Waals surface area contributed by atoms with E-state index < -0.39 is 17.9 Å². The van der Waals surface area contributed by atoms with Crippen molar-refractivity contribution in [3.63, 3.8) is 0 Å². The van der Waals surface area contributed by atoms with Gasteiger partial charge in [-0.2, -0.15) is 10.2 Å². The van der Waals surface area contributed by atoms with Gasteiger partial charge in [-0.25, -0.2) is 18.2 Å². The molecule has 3 aromatic heterocycles. The number of alkyl halides is 2. The first-order chi connectivity index (χ1) is 13.6. The third-order valence-electron chi connectivity index (χ3n) is 5.87. The van der Waals surface area contributed by atoms with Gasteiger partial charge in [0.2, 0.25) is 0 Å². The van der Waals surface area contributed by atoms with Crippen LogP contribution in [0, 0.1) is 11.7 Å². The molecule has 0 amide bonds. The van der Waals surface area contributed by atoms with Crippen LogP contribution in [0.4, 0.5) is 13.2 Å². The Kier molecular flexibility index (Phi) is 2.95. The highest BCUT2D eigenvalue weighted by Gasteiger charge is 2.71. The quantitative estimate of drug-likeness (QED) is 0.561. The average Bonchev–Trinajstić information content (AvgIpc) is 3.08. The molecule has 1 aliphatic heterocycles. The zero-order valence-corrected chi connectivity index (χ0v) is 14.5. The Labute approximate surface area is 157 Å². The second-order valence-corrected chi connectivity index (χ2v) is 7.38. The SMILES string of the molecule is Fc1ccc(-c2nn3c(c2-c2ccnc4[nH]ncc24)CC[C@@H]2[C@H]3C2(F)F)cc1. The lowest BCUT2D eigenvalue weighted by atomic mass is 9.94. The summed E-state index contributed by atoms with van der Waals surface area (Å²) >= 11 is 0. The molecule has 0 radical (unpaired) electrons. The Morgan fingerprint density at radius 1 is 1.14 bits per heavy atom. The number of benzene rings is 1. The minimum absolute atomic E-state index is 0.357. The number of aromatic amines is 1. The molecular formula is C20H14F3N5. The van der Waals surface area contributed by atoms with Crippen molar-refractivity contribution in [3.8, 4) is 22.4 Å². The number of hydrogen-bond acceptors (Lipinski definition) is 3. The van der Waals surface area contributed by atoms with Gasteiger partial charge in [0, 0.05) is 28.4 Å². The number of H-pyrrole nitrogens is 1. The zero-order valence-electron chi connectivity index (χ0n) is 14.5. The molecule has 0 unspecified atom stereocenters. The number of nitrogens with zero attached hydrogens (tertiary/aromatic N) is 4. The molecule has 28 heavy (non-hydrogen) atoms. The second-order valence-electron chi connectivity index (χ2n) is 7.38. The third kappa shape index (κ3) is 2.00. The zero-order chi connectivity index (χ0) is 19.0. The van der Waals surface area contributed by atoms with Crippen LogP contribution in [0.3, 0.4) is 0 Å². The molecule has 1 saturated carbocycles. The van der Waals surface area contributed by atoms with E-state index in [9.17, 15) is 13.2 Å². The van der Waals surface area contributed by atoms with E-state index in [0.717, 1.165) is 22.2 Å². The van der Waals surface area contributed by atoms with Gasteiger partial charge >= 0.3 is 0 Å². The first-order valence-electron chi connectivity index (χ1n) is 9.09. The summed E-state index contributed by atoms with van der Waals surface area (Å²) in [5.74, 6) is -3.73. The Bertz CT molecular complexity index is 1220. The molecule has 0 bridgehead atoms. The summed E-state index contributed by atoms with van der Waals surface area (Å²) in [6, 6.07) is 6.91. The summed E-state index contributed by atoms with van der Waals surface area (Å²) in [6.07, 6.45) is 4.28. The van der Waals surface area contributed by atoms with E-state index >= 15 is 0 Å². The van der Waals surface area contributed by atoms with Gasteiger partial charge in [-0.05, 0) is 48.7 Å². The number of hydrogen-bond donors (Lipinski definition) is 1. The number of fused-ring (bicyclic) bond motifs is 4. The highest BCUT2D eigenvalue weighted by atomic mass is 19.3. The van der Waals surface area contributed by atoms with Crippen molar-refractivity contribution in [1.82, 2.24) is 25.0 Å². The first-order valence-corrected chi connectivity index (χ1v) is 9.09. The monoisotopic (exact) mass is 381 g/mol. The maximum absolute atomic E-state index is 14.2. The third-order valence-corrected chi connectivity index (χ3v) is 5.87. The number of halogens is 3. The molecular weight excluding hydrogens is 367 g/mol. The van der Waals surface area contributed by atoms with Crippen molar-refractivity contribution in [2.24, 2.45) is 5.92 Å². The van der Waals surface area contributed by atoms with Crippen molar-refractivity contribution in [1.29, 1.82) is 0 Å². The van der Waals surface area contributed by atoms with Gasteiger partial charge in [-0.3, -0.25) is 9.78 Å². The molecule has 6 rings (SSSR count). The number of nitrogens with one attached hydrogen (secondary N) is 1. The Hall–Kier alpha value is -3.16. The topological polar surface area (TPSA) is 59.4 Å². The summed E-state index contributed by atoms with van der Waals surface area (Å²) in [7, 11) is 0. The molecule has 1 fully saturated rings. The average molecular weight is 381 g/mol. The highest BCUT2D eigenvalue weighted by Crippen LogP contribution is 2.64. The predicted molar refractivity (Wildman–Crippen MR) is 96.3 cm³/mol. The fourth-order valence-corrected chi connectivity index (χ4v) is 4.45. The maximum Gasteiger partial charge on any atom is 0.275 e. The number of rotatable bonds is 2. The molecule has 0 saturated heterocycles. The molecule has 1 N–H and O–H groups in total. The van der Waals surface area contributed by atoms with Crippen LogP contribution in [-0.2, 0) is 6.42 Å². The van der Waals surface area contributed by atoms with Crippen LogP contribution >= 0.6 is 0 Å². The Balaban J connectivity index is 1.65. The van der Waals surface area contributed by atoms with Gasteiger partial charge in [0.25, 0.3) is 5.92 Å². The van der Waals surface area contributed by atoms with Gasteiger partial charge in [0.05, 0.1) is 12.1 Å². The van der Waals surface area contributed by atoms with Gasteiger partial charge in [0.1, 0.15) is 17.6 Å². The fourth-order valence-electron chi connectivity index (χ4n) is 4.45. The Morgan fingerprint density at radius 2 is 1.96 bits per heavy atom. The highest BCUT2D eigenvalue weighted by molar-refractivity contribution is 5.97. The normalized spacial score (nSPS) is 22.1. The van der Waals surface area contributed by atoms with E-state index in [1.807, 2.05) is 6.07 Å². The second kappa shape index (κ2) is 5.21. The summed E-state index contributed by atoms with van der Waals surface area (Å²) in [5, 5.41) is 12.3. The molecule has 4 aromatic rings. The van der Waals surface area contributed by atoms with Gasteiger partial charge in [0.15, 0.2) is 5.65 Å². The predicted octanol–water partition coefficient (Wildman–Crippen LogP) is 4.38. The maximum atomic E-state index is 14.2. The van der Waals surface area contributed by atoms with Crippen LogP contribution in [0.15, 0.2) is 42.7 Å². The van der Waals surface area contributed by atoms with Gasteiger partial charge in [-0.15, -0.1) is 0 Å². The van der Waals surface area contributed by atoms with Crippen molar-refractivity contribution < 1.29 is 13.2 Å². The number of aromatic nitrogens is 5. The molecule has 8 heteroatoms. The molecule has 140 valence electrons. The lowest BCUT2D eigenvalue weighted by Gasteiger charge is -2.13. The summed E-state index contributed by atoms with van der Waals surface area (Å²) in [6.45, 7) is 0. The van der Waals surface area contributed by atoms with E-state index in [4.69, 9.17) is 0 Å². The van der Waals surface area contributed by atoms with Crippen molar-refractivity contribution >= 4 is 11.0 Å². The lowest BCUT2D eigenvalue weighted by Crippen LogP contribution is -2.11. The van der Waals surface area contributed by atoms with Crippen LogP contribution in [0.2, 0.25) is 0 Å². The summed E-state index contributed by atoms with van der Waals surface area (Å²) in [4.78, 5) is 4.27. The van der Waals surface area contributed by atoms with Crippen LogP contribution in [0.25, 0.3) is 33.4 Å². The summed E-state index contributed by atoms with van der Waals surface area (Å²) in [5.41, 5.74) is 4.29. The summed E-state index contributed by atoms with van der Waals surface area (Å²) < 4.78 is 43.4. The molecule has 5 nitrogen and oxygen atoms in total. The molecule has 1 aromatic carbocycles. The van der Waals surface area contributed by atoms with E-state index in [0.29, 0.717) is 29.7 Å². The van der Waals surface area contributed by atoms with Gasteiger partial charge in [-0.1, -0.05) is 0 Å². The first kappa shape index (κ1) is 15.9. The molecule has 2 aliphatic rings. The van der Waals surface area contributed by atoms with Crippen molar-refractivity contribution in [2.75, 3.05) is 0 Å². The Morgan fingerprint density at radius 3 is 2.79 bits per heavy atom. The number of pyridine rings is 1. The largest absolute Gasteiger partial charge is 0.275 e. The van der Waals surface area contributed by atoms with E-state index in [2.05, 4.69) is 20.3 Å². The van der Waals surface area contributed by atoms with Crippen LogP contribution in [0.5, 0.6) is 0 Å². The van der Waals surface area contributed by atoms with E-state index in [1.54, 1.807) is 24.5 Å². The molecule has 0 spiro atoms. The fraction of sp³-hybridized carbons (Fsp3) is 0.250. The minimum atomic E-state index is -2.72. The van der Waals surface area contributed by atoms with E-state index in [1.165, 1.54) is 16.8 Å².